The van der Waals surface area contributed by atoms with Gasteiger partial charge in [0, 0.05) is 10.7 Å². The van der Waals surface area contributed by atoms with Gasteiger partial charge in [-0.05, 0) is 36.6 Å². The van der Waals surface area contributed by atoms with Gasteiger partial charge in [-0.15, -0.1) is 0 Å². The van der Waals surface area contributed by atoms with E-state index in [1.807, 2.05) is 30.3 Å². The number of pyridine rings is 1. The van der Waals surface area contributed by atoms with Gasteiger partial charge >= 0.3 is 0 Å². The minimum Gasteiger partial charge on any atom is -0.505 e. The largest absolute Gasteiger partial charge is 0.505 e. The molecule has 0 aliphatic carbocycles. The number of benzene rings is 1. The highest BCUT2D eigenvalue weighted by atomic mass is 35.5. The Hall–Kier alpha value is -2.05. The molecular weight excluding hydrogens is 248 g/mol. The second-order valence-corrected chi connectivity index (χ2v) is 4.37. The number of hydrogen-bond acceptors (Lipinski definition) is 3. The molecule has 3 nitrogen and oxygen atoms in total. The lowest BCUT2D eigenvalue weighted by Gasteiger charge is -2.03. The zero-order valence-corrected chi connectivity index (χ0v) is 10.4. The zero-order valence-electron chi connectivity index (χ0n) is 9.60. The third-order valence-corrected chi connectivity index (χ3v) is 2.85. The normalized spacial score (nSPS) is 10.0. The van der Waals surface area contributed by atoms with Crippen LogP contribution < -0.4 is 0 Å². The molecule has 0 saturated carbocycles. The molecule has 0 unspecified atom stereocenters. The zero-order chi connectivity index (χ0) is 13.0. The predicted octanol–water partition coefficient (Wildman–Crippen LogP) is 3.10. The van der Waals surface area contributed by atoms with Crippen LogP contribution in [0.5, 0.6) is 5.75 Å². The molecule has 0 spiro atoms. The molecular formula is C14H11ClN2O. The summed E-state index contributed by atoms with van der Waals surface area (Å²) in [5.41, 5.74) is 2.16. The van der Waals surface area contributed by atoms with E-state index in [1.54, 1.807) is 6.07 Å². The maximum Gasteiger partial charge on any atom is 0.151 e. The van der Waals surface area contributed by atoms with Gasteiger partial charge < -0.3 is 5.11 Å². The minimum absolute atomic E-state index is 0.0796. The number of halogens is 1. The summed E-state index contributed by atoms with van der Waals surface area (Å²) in [6.07, 6.45) is 2.81. The first kappa shape index (κ1) is 12.4. The topological polar surface area (TPSA) is 56.9 Å². The van der Waals surface area contributed by atoms with E-state index in [9.17, 15) is 5.11 Å². The minimum atomic E-state index is -0.0796. The molecule has 0 atom stereocenters. The smallest absolute Gasteiger partial charge is 0.151 e. The van der Waals surface area contributed by atoms with Gasteiger partial charge in [0.15, 0.2) is 5.75 Å². The Morgan fingerprint density at radius 1 is 1.28 bits per heavy atom. The van der Waals surface area contributed by atoms with Crippen molar-refractivity contribution < 1.29 is 5.11 Å². The van der Waals surface area contributed by atoms with Gasteiger partial charge in [0.05, 0.1) is 11.8 Å². The summed E-state index contributed by atoms with van der Waals surface area (Å²) in [4.78, 5) is 4.09. The summed E-state index contributed by atoms with van der Waals surface area (Å²) < 4.78 is 0. The molecule has 2 rings (SSSR count). The highest BCUT2D eigenvalue weighted by Crippen LogP contribution is 2.17. The molecule has 0 aliphatic rings. The fourth-order valence-corrected chi connectivity index (χ4v) is 1.90. The Balaban J connectivity index is 2.09. The van der Waals surface area contributed by atoms with Crippen LogP contribution in [-0.4, -0.2) is 10.1 Å². The predicted molar refractivity (Wildman–Crippen MR) is 69.5 cm³/mol. The van der Waals surface area contributed by atoms with Gasteiger partial charge in [-0.25, -0.2) is 0 Å². The van der Waals surface area contributed by atoms with Crippen molar-refractivity contribution in [1.82, 2.24) is 4.98 Å². The van der Waals surface area contributed by atoms with Gasteiger partial charge in [0.1, 0.15) is 6.07 Å². The summed E-state index contributed by atoms with van der Waals surface area (Å²) in [6, 6.07) is 11.2. The lowest BCUT2D eigenvalue weighted by atomic mass is 10.1. The first-order valence-corrected chi connectivity index (χ1v) is 5.89. The number of rotatable bonds is 3. The maximum absolute atomic E-state index is 9.35. The van der Waals surface area contributed by atoms with Crippen molar-refractivity contribution in [3.8, 4) is 11.8 Å². The van der Waals surface area contributed by atoms with E-state index in [0.717, 1.165) is 17.7 Å². The number of aromatic nitrogens is 1. The first-order valence-electron chi connectivity index (χ1n) is 5.51. The van der Waals surface area contributed by atoms with E-state index in [1.165, 1.54) is 6.20 Å². The summed E-state index contributed by atoms with van der Waals surface area (Å²) in [5, 5.41) is 18.9. The molecule has 90 valence electrons. The molecule has 2 aromatic rings. The molecule has 1 heterocycles. The number of hydrogen-bond donors (Lipinski definition) is 1. The molecule has 1 aromatic carbocycles. The Morgan fingerprint density at radius 2 is 2.11 bits per heavy atom. The van der Waals surface area contributed by atoms with Crippen LogP contribution in [0.4, 0.5) is 0 Å². The monoisotopic (exact) mass is 258 g/mol. The second kappa shape index (κ2) is 5.52. The van der Waals surface area contributed by atoms with Gasteiger partial charge in [-0.1, -0.05) is 23.7 Å². The molecule has 1 N–H and O–H groups in total. The number of nitrogens with zero attached hydrogens (tertiary/aromatic N) is 2. The Bertz CT molecular complexity index is 605. The van der Waals surface area contributed by atoms with Gasteiger partial charge in [0.25, 0.3) is 0 Å². The SMILES string of the molecule is N#Cc1cc(CCc2cccc(Cl)c2)ncc1O. The molecule has 0 fully saturated rings. The Morgan fingerprint density at radius 3 is 2.83 bits per heavy atom. The van der Waals surface area contributed by atoms with E-state index in [2.05, 4.69) is 4.98 Å². The van der Waals surface area contributed by atoms with Crippen LogP contribution in [0.1, 0.15) is 16.8 Å². The second-order valence-electron chi connectivity index (χ2n) is 3.93. The van der Waals surface area contributed by atoms with E-state index < -0.39 is 0 Å². The third kappa shape index (κ3) is 2.99. The lowest BCUT2D eigenvalue weighted by Crippen LogP contribution is -1.95. The van der Waals surface area contributed by atoms with Crippen molar-refractivity contribution >= 4 is 11.6 Å². The van der Waals surface area contributed by atoms with Crippen LogP contribution in [0.3, 0.4) is 0 Å². The van der Waals surface area contributed by atoms with Crippen LogP contribution in [0.2, 0.25) is 5.02 Å². The van der Waals surface area contributed by atoms with Crippen LogP contribution >= 0.6 is 11.6 Å². The molecule has 0 radical (unpaired) electrons. The first-order chi connectivity index (χ1) is 8.69. The fraction of sp³-hybridized carbons (Fsp3) is 0.143. The average molecular weight is 259 g/mol. The average Bonchev–Trinajstić information content (AvgIpc) is 2.38. The standard InChI is InChI=1S/C14H11ClN2O/c15-12-3-1-2-10(6-12)4-5-13-7-11(8-16)14(18)9-17-13/h1-3,6-7,9,18H,4-5H2. The summed E-state index contributed by atoms with van der Waals surface area (Å²) in [7, 11) is 0. The lowest BCUT2D eigenvalue weighted by molar-refractivity contribution is 0.470. The van der Waals surface area contributed by atoms with Gasteiger partial charge in [-0.2, -0.15) is 5.26 Å². The number of aryl methyl sites for hydroxylation is 2. The Kier molecular flexibility index (Phi) is 3.81. The molecule has 0 aliphatic heterocycles. The van der Waals surface area contributed by atoms with E-state index in [0.29, 0.717) is 11.4 Å². The van der Waals surface area contributed by atoms with Crippen molar-refractivity contribution in [2.45, 2.75) is 12.8 Å². The summed E-state index contributed by atoms with van der Waals surface area (Å²) >= 11 is 5.90. The molecule has 0 bridgehead atoms. The maximum atomic E-state index is 9.35. The Labute approximate surface area is 110 Å². The summed E-state index contributed by atoms with van der Waals surface area (Å²) in [5.74, 6) is -0.0796. The van der Waals surface area contributed by atoms with Crippen molar-refractivity contribution in [2.24, 2.45) is 0 Å². The van der Waals surface area contributed by atoms with Crippen LogP contribution in [-0.2, 0) is 12.8 Å². The third-order valence-electron chi connectivity index (χ3n) is 2.62. The highest BCUT2D eigenvalue weighted by molar-refractivity contribution is 6.30. The number of nitriles is 1. The quantitative estimate of drug-likeness (QED) is 0.920. The van der Waals surface area contributed by atoms with Crippen molar-refractivity contribution in [1.29, 1.82) is 5.26 Å². The van der Waals surface area contributed by atoms with Crippen LogP contribution in [0, 0.1) is 11.3 Å². The van der Waals surface area contributed by atoms with Gasteiger partial charge in [-0.3, -0.25) is 4.98 Å². The van der Waals surface area contributed by atoms with Crippen molar-refractivity contribution in [3.63, 3.8) is 0 Å². The van der Waals surface area contributed by atoms with Crippen LogP contribution in [0.25, 0.3) is 0 Å². The molecule has 0 saturated heterocycles. The van der Waals surface area contributed by atoms with Gasteiger partial charge in [0.2, 0.25) is 0 Å². The summed E-state index contributed by atoms with van der Waals surface area (Å²) in [6.45, 7) is 0. The molecule has 1 aromatic heterocycles. The van der Waals surface area contributed by atoms with Crippen LogP contribution in [0.15, 0.2) is 36.5 Å². The van der Waals surface area contributed by atoms with E-state index in [-0.39, 0.29) is 11.3 Å². The highest BCUT2D eigenvalue weighted by Gasteiger charge is 2.04. The van der Waals surface area contributed by atoms with E-state index in [4.69, 9.17) is 16.9 Å². The molecule has 4 heteroatoms. The van der Waals surface area contributed by atoms with E-state index >= 15 is 0 Å². The fourth-order valence-electron chi connectivity index (χ4n) is 1.68. The molecule has 0 amide bonds. The number of aromatic hydroxyl groups is 1. The van der Waals surface area contributed by atoms with Crippen molar-refractivity contribution in [2.75, 3.05) is 0 Å². The van der Waals surface area contributed by atoms with Crippen molar-refractivity contribution in [3.05, 3.63) is 58.4 Å². The molecule has 18 heavy (non-hydrogen) atoms.